The fourth-order valence-corrected chi connectivity index (χ4v) is 2.42. The SMILES string of the molecule is O=Cc1cc(OCc2ccccc2)n(C2CCCCO2)n1. The first-order valence-electron chi connectivity index (χ1n) is 7.20. The minimum absolute atomic E-state index is 0.141. The summed E-state index contributed by atoms with van der Waals surface area (Å²) in [7, 11) is 0. The summed E-state index contributed by atoms with van der Waals surface area (Å²) in [6.45, 7) is 1.16. The Morgan fingerprint density at radius 1 is 1.33 bits per heavy atom. The molecule has 0 spiro atoms. The molecule has 21 heavy (non-hydrogen) atoms. The second-order valence-electron chi connectivity index (χ2n) is 5.07. The largest absolute Gasteiger partial charge is 0.473 e. The van der Waals surface area contributed by atoms with Gasteiger partial charge in [0.05, 0.1) is 0 Å². The molecule has 1 aromatic carbocycles. The molecule has 1 aromatic heterocycles. The molecule has 3 rings (SSSR count). The molecule has 2 aromatic rings. The van der Waals surface area contributed by atoms with Gasteiger partial charge < -0.3 is 9.47 Å². The zero-order valence-electron chi connectivity index (χ0n) is 11.8. The van der Waals surface area contributed by atoms with Gasteiger partial charge in [-0.15, -0.1) is 0 Å². The van der Waals surface area contributed by atoms with Crippen molar-refractivity contribution < 1.29 is 14.3 Å². The number of nitrogens with zero attached hydrogens (tertiary/aromatic N) is 2. The first kappa shape index (κ1) is 13.8. The van der Waals surface area contributed by atoms with Crippen LogP contribution in [0.5, 0.6) is 5.88 Å². The van der Waals surface area contributed by atoms with Crippen molar-refractivity contribution in [3.63, 3.8) is 0 Å². The van der Waals surface area contributed by atoms with Crippen LogP contribution in [0.3, 0.4) is 0 Å². The monoisotopic (exact) mass is 286 g/mol. The molecule has 0 N–H and O–H groups in total. The molecule has 110 valence electrons. The Morgan fingerprint density at radius 2 is 2.19 bits per heavy atom. The highest BCUT2D eigenvalue weighted by molar-refractivity contribution is 5.72. The Hall–Kier alpha value is -2.14. The van der Waals surface area contributed by atoms with Crippen LogP contribution >= 0.6 is 0 Å². The minimum atomic E-state index is -0.141. The fourth-order valence-electron chi connectivity index (χ4n) is 2.42. The van der Waals surface area contributed by atoms with Crippen molar-refractivity contribution in [2.24, 2.45) is 0 Å². The van der Waals surface area contributed by atoms with E-state index < -0.39 is 0 Å². The quantitative estimate of drug-likeness (QED) is 0.793. The van der Waals surface area contributed by atoms with Gasteiger partial charge in [0.25, 0.3) is 0 Å². The molecular weight excluding hydrogens is 268 g/mol. The van der Waals surface area contributed by atoms with Crippen LogP contribution in [0.25, 0.3) is 0 Å². The van der Waals surface area contributed by atoms with Gasteiger partial charge in [0, 0.05) is 12.7 Å². The molecule has 1 atom stereocenters. The van der Waals surface area contributed by atoms with E-state index in [1.165, 1.54) is 0 Å². The highest BCUT2D eigenvalue weighted by Crippen LogP contribution is 2.27. The Kier molecular flexibility index (Phi) is 4.31. The number of hydrogen-bond acceptors (Lipinski definition) is 4. The van der Waals surface area contributed by atoms with Crippen molar-refractivity contribution in [2.75, 3.05) is 6.61 Å². The fraction of sp³-hybridized carbons (Fsp3) is 0.375. The minimum Gasteiger partial charge on any atom is -0.473 e. The Bertz CT molecular complexity index is 589. The van der Waals surface area contributed by atoms with Crippen molar-refractivity contribution in [3.05, 3.63) is 47.7 Å². The topological polar surface area (TPSA) is 53.4 Å². The number of carbonyl (C=O) groups excluding carboxylic acids is 1. The van der Waals surface area contributed by atoms with E-state index in [1.807, 2.05) is 30.3 Å². The molecule has 0 radical (unpaired) electrons. The maximum absolute atomic E-state index is 11.0. The lowest BCUT2D eigenvalue weighted by Crippen LogP contribution is -2.20. The van der Waals surface area contributed by atoms with Gasteiger partial charge in [0.1, 0.15) is 12.3 Å². The predicted molar refractivity (Wildman–Crippen MR) is 77.2 cm³/mol. The van der Waals surface area contributed by atoms with Gasteiger partial charge in [0.2, 0.25) is 5.88 Å². The number of aromatic nitrogens is 2. The zero-order chi connectivity index (χ0) is 14.5. The van der Waals surface area contributed by atoms with Crippen LogP contribution in [0, 0.1) is 0 Å². The average molecular weight is 286 g/mol. The summed E-state index contributed by atoms with van der Waals surface area (Å²) in [5.74, 6) is 0.577. The predicted octanol–water partition coefficient (Wildman–Crippen LogP) is 2.97. The maximum Gasteiger partial charge on any atom is 0.215 e. The van der Waals surface area contributed by atoms with E-state index in [2.05, 4.69) is 5.10 Å². The standard InChI is InChI=1S/C16H18N2O3/c19-11-14-10-16(21-12-13-6-2-1-3-7-13)18(17-14)15-8-4-5-9-20-15/h1-3,6-7,10-11,15H,4-5,8-9,12H2. The molecule has 0 amide bonds. The molecule has 1 fully saturated rings. The first-order valence-corrected chi connectivity index (χ1v) is 7.20. The van der Waals surface area contributed by atoms with Gasteiger partial charge in [-0.2, -0.15) is 5.10 Å². The molecule has 2 heterocycles. The van der Waals surface area contributed by atoms with Crippen LogP contribution < -0.4 is 4.74 Å². The van der Waals surface area contributed by atoms with Crippen LogP contribution in [0.15, 0.2) is 36.4 Å². The summed E-state index contributed by atoms with van der Waals surface area (Å²) < 4.78 is 13.2. The van der Waals surface area contributed by atoms with Crippen molar-refractivity contribution in [1.29, 1.82) is 0 Å². The molecule has 0 bridgehead atoms. The van der Waals surface area contributed by atoms with E-state index in [-0.39, 0.29) is 6.23 Å². The van der Waals surface area contributed by atoms with Crippen LogP contribution in [-0.2, 0) is 11.3 Å². The Morgan fingerprint density at radius 3 is 2.90 bits per heavy atom. The Balaban J connectivity index is 1.76. The van der Waals surface area contributed by atoms with Gasteiger partial charge >= 0.3 is 0 Å². The second kappa shape index (κ2) is 6.54. The number of ether oxygens (including phenoxy) is 2. The van der Waals surface area contributed by atoms with Crippen LogP contribution in [0.2, 0.25) is 0 Å². The van der Waals surface area contributed by atoms with Crippen LogP contribution in [0.4, 0.5) is 0 Å². The van der Waals surface area contributed by atoms with Crippen molar-refractivity contribution in [1.82, 2.24) is 9.78 Å². The molecular formula is C16H18N2O3. The molecule has 5 nitrogen and oxygen atoms in total. The second-order valence-corrected chi connectivity index (χ2v) is 5.07. The number of aldehydes is 1. The van der Waals surface area contributed by atoms with Crippen LogP contribution in [-0.4, -0.2) is 22.7 Å². The third-order valence-electron chi connectivity index (χ3n) is 3.50. The number of benzene rings is 1. The van der Waals surface area contributed by atoms with Crippen LogP contribution in [0.1, 0.15) is 41.5 Å². The van der Waals surface area contributed by atoms with E-state index in [4.69, 9.17) is 9.47 Å². The number of rotatable bonds is 5. The Labute approximate surface area is 123 Å². The molecule has 1 saturated heterocycles. The smallest absolute Gasteiger partial charge is 0.215 e. The molecule has 5 heteroatoms. The van der Waals surface area contributed by atoms with Crippen molar-refractivity contribution >= 4 is 6.29 Å². The normalized spacial score (nSPS) is 18.4. The highest BCUT2D eigenvalue weighted by Gasteiger charge is 2.21. The number of hydrogen-bond donors (Lipinski definition) is 0. The van der Waals surface area contributed by atoms with Gasteiger partial charge in [-0.05, 0) is 24.8 Å². The summed E-state index contributed by atoms with van der Waals surface area (Å²) in [5, 5.41) is 4.26. The van der Waals surface area contributed by atoms with Crippen molar-refractivity contribution in [2.45, 2.75) is 32.1 Å². The molecule has 0 saturated carbocycles. The van der Waals surface area contributed by atoms with E-state index in [0.717, 1.165) is 37.7 Å². The number of carbonyl (C=O) groups is 1. The summed E-state index contributed by atoms with van der Waals surface area (Å²) in [6, 6.07) is 11.6. The van der Waals surface area contributed by atoms with E-state index in [1.54, 1.807) is 10.7 Å². The molecule has 0 aliphatic carbocycles. The van der Waals surface area contributed by atoms with Crippen molar-refractivity contribution in [3.8, 4) is 5.88 Å². The summed E-state index contributed by atoms with van der Waals surface area (Å²) in [4.78, 5) is 11.0. The van der Waals surface area contributed by atoms with E-state index in [9.17, 15) is 4.79 Å². The summed E-state index contributed by atoms with van der Waals surface area (Å²) >= 11 is 0. The highest BCUT2D eigenvalue weighted by atomic mass is 16.5. The molecule has 1 aliphatic heterocycles. The van der Waals surface area contributed by atoms with Gasteiger partial charge in [-0.25, -0.2) is 4.68 Å². The van der Waals surface area contributed by atoms with Gasteiger partial charge in [0.15, 0.2) is 12.5 Å². The van der Waals surface area contributed by atoms with Gasteiger partial charge in [-0.1, -0.05) is 30.3 Å². The van der Waals surface area contributed by atoms with E-state index >= 15 is 0 Å². The first-order chi connectivity index (χ1) is 10.4. The lowest BCUT2D eigenvalue weighted by atomic mass is 10.2. The molecule has 1 aliphatic rings. The summed E-state index contributed by atoms with van der Waals surface area (Å²) in [6.07, 6.45) is 3.65. The zero-order valence-corrected chi connectivity index (χ0v) is 11.8. The summed E-state index contributed by atoms with van der Waals surface area (Å²) in [5.41, 5.74) is 1.44. The molecule has 1 unspecified atom stereocenters. The van der Waals surface area contributed by atoms with Gasteiger partial charge in [-0.3, -0.25) is 4.79 Å². The lowest BCUT2D eigenvalue weighted by Gasteiger charge is -2.24. The average Bonchev–Trinajstić information content (AvgIpc) is 2.98. The third kappa shape index (κ3) is 3.31. The lowest BCUT2D eigenvalue weighted by molar-refractivity contribution is -0.0443. The third-order valence-corrected chi connectivity index (χ3v) is 3.50. The maximum atomic E-state index is 11.0. The van der Waals surface area contributed by atoms with E-state index in [0.29, 0.717) is 18.2 Å².